The Morgan fingerprint density at radius 3 is 2.66 bits per heavy atom. The van der Waals surface area contributed by atoms with Crippen LogP contribution in [0.15, 0.2) is 35.4 Å². The molecule has 1 fully saturated rings. The van der Waals surface area contributed by atoms with Crippen LogP contribution in [0.4, 0.5) is 11.4 Å². The van der Waals surface area contributed by atoms with E-state index in [0.717, 1.165) is 37.7 Å². The van der Waals surface area contributed by atoms with E-state index in [4.69, 9.17) is 9.47 Å². The molecule has 0 unspecified atom stereocenters. The maximum absolute atomic E-state index is 12.3. The minimum Gasteiger partial charge on any atom is -0.462 e. The second kappa shape index (κ2) is 11.5. The van der Waals surface area contributed by atoms with Gasteiger partial charge in [0.25, 0.3) is 0 Å². The van der Waals surface area contributed by atoms with Crippen molar-refractivity contribution in [2.24, 2.45) is 0 Å². The number of pyridine rings is 1. The SMILES string of the molecule is CCOC(=O)c1cc(C#N)c(SCCC(=O)Nc2ccc(N3CCOCC3)cc2)nc1C. The Morgan fingerprint density at radius 2 is 2.00 bits per heavy atom. The molecule has 2 heterocycles. The summed E-state index contributed by atoms with van der Waals surface area (Å²) in [7, 11) is 0. The summed E-state index contributed by atoms with van der Waals surface area (Å²) in [5.74, 6) is -0.156. The summed E-state index contributed by atoms with van der Waals surface area (Å²) in [6, 6.07) is 11.3. The van der Waals surface area contributed by atoms with E-state index in [-0.39, 0.29) is 24.5 Å². The van der Waals surface area contributed by atoms with Crippen molar-refractivity contribution in [2.45, 2.75) is 25.3 Å². The fourth-order valence-corrected chi connectivity index (χ4v) is 4.17. The minimum absolute atomic E-state index is 0.116. The minimum atomic E-state index is -0.496. The summed E-state index contributed by atoms with van der Waals surface area (Å²) in [6.07, 6.45) is 0.265. The zero-order chi connectivity index (χ0) is 22.9. The van der Waals surface area contributed by atoms with E-state index in [1.807, 2.05) is 24.3 Å². The van der Waals surface area contributed by atoms with Crippen LogP contribution in [0.25, 0.3) is 0 Å². The van der Waals surface area contributed by atoms with Crippen LogP contribution in [0.2, 0.25) is 0 Å². The summed E-state index contributed by atoms with van der Waals surface area (Å²) < 4.78 is 10.4. The van der Waals surface area contributed by atoms with Crippen molar-refractivity contribution < 1.29 is 19.1 Å². The Hall–Kier alpha value is -3.09. The summed E-state index contributed by atoms with van der Waals surface area (Å²) in [5.41, 5.74) is 2.92. The topological polar surface area (TPSA) is 105 Å². The van der Waals surface area contributed by atoms with Gasteiger partial charge in [-0.3, -0.25) is 4.79 Å². The number of benzene rings is 1. The van der Waals surface area contributed by atoms with Gasteiger partial charge in [-0.2, -0.15) is 5.26 Å². The Morgan fingerprint density at radius 1 is 1.28 bits per heavy atom. The highest BCUT2D eigenvalue weighted by molar-refractivity contribution is 7.99. The number of morpholine rings is 1. The van der Waals surface area contributed by atoms with E-state index < -0.39 is 5.97 Å². The van der Waals surface area contributed by atoms with Crippen molar-refractivity contribution in [2.75, 3.05) is 48.9 Å². The van der Waals surface area contributed by atoms with Crippen molar-refractivity contribution >= 4 is 35.0 Å². The lowest BCUT2D eigenvalue weighted by Gasteiger charge is -2.28. The number of thioether (sulfide) groups is 1. The lowest BCUT2D eigenvalue weighted by atomic mass is 10.1. The first-order chi connectivity index (χ1) is 15.5. The molecule has 9 heteroatoms. The molecule has 1 aromatic carbocycles. The molecular formula is C23H26N4O4S. The Kier molecular flexibility index (Phi) is 8.48. The number of ether oxygens (including phenoxy) is 2. The second-order valence-corrected chi connectivity index (χ2v) is 8.18. The van der Waals surface area contributed by atoms with Gasteiger partial charge in [0.05, 0.1) is 36.6 Å². The van der Waals surface area contributed by atoms with Gasteiger partial charge in [0.1, 0.15) is 11.1 Å². The van der Waals surface area contributed by atoms with Crippen LogP contribution in [0.5, 0.6) is 0 Å². The number of nitrogens with zero attached hydrogens (tertiary/aromatic N) is 3. The summed E-state index contributed by atoms with van der Waals surface area (Å²) in [6.45, 7) is 6.85. The highest BCUT2D eigenvalue weighted by Gasteiger charge is 2.17. The third-order valence-corrected chi connectivity index (χ3v) is 5.88. The number of amides is 1. The number of aromatic nitrogens is 1. The second-order valence-electron chi connectivity index (χ2n) is 7.10. The van der Waals surface area contributed by atoms with Gasteiger partial charge in [-0.15, -0.1) is 11.8 Å². The third-order valence-electron chi connectivity index (χ3n) is 4.89. The van der Waals surface area contributed by atoms with Crippen molar-refractivity contribution in [3.05, 3.63) is 47.2 Å². The van der Waals surface area contributed by atoms with Crippen molar-refractivity contribution in [3.8, 4) is 6.07 Å². The predicted molar refractivity (Wildman–Crippen MR) is 123 cm³/mol. The van der Waals surface area contributed by atoms with E-state index in [1.165, 1.54) is 17.8 Å². The van der Waals surface area contributed by atoms with Gasteiger partial charge in [-0.25, -0.2) is 9.78 Å². The summed E-state index contributed by atoms with van der Waals surface area (Å²) in [4.78, 5) is 30.9. The zero-order valence-electron chi connectivity index (χ0n) is 18.2. The lowest BCUT2D eigenvalue weighted by Crippen LogP contribution is -2.36. The number of hydrogen-bond acceptors (Lipinski definition) is 8. The van der Waals surface area contributed by atoms with Gasteiger partial charge in [-0.1, -0.05) is 0 Å². The lowest BCUT2D eigenvalue weighted by molar-refractivity contribution is -0.115. The van der Waals surface area contributed by atoms with Crippen LogP contribution < -0.4 is 10.2 Å². The van der Waals surface area contributed by atoms with E-state index in [9.17, 15) is 14.9 Å². The smallest absolute Gasteiger partial charge is 0.340 e. The van der Waals surface area contributed by atoms with Gasteiger partial charge in [-0.05, 0) is 44.2 Å². The molecular weight excluding hydrogens is 428 g/mol. The average molecular weight is 455 g/mol. The third kappa shape index (κ3) is 6.22. The standard InChI is InChI=1S/C23H26N4O4S/c1-3-31-23(29)20-14-17(15-24)22(25-16(20)2)32-13-8-21(28)26-18-4-6-19(7-5-18)27-9-11-30-12-10-27/h4-7,14H,3,8-13H2,1-2H3,(H,26,28). The Bertz CT molecular complexity index is 998. The Labute approximate surface area is 191 Å². The molecule has 1 aromatic heterocycles. The fourth-order valence-electron chi connectivity index (χ4n) is 3.23. The van der Waals surface area contributed by atoms with Gasteiger partial charge in [0, 0.05) is 36.6 Å². The largest absolute Gasteiger partial charge is 0.462 e. The van der Waals surface area contributed by atoms with Crippen LogP contribution in [0.1, 0.15) is 35.0 Å². The van der Waals surface area contributed by atoms with Crippen LogP contribution in [-0.4, -0.2) is 55.5 Å². The molecule has 1 N–H and O–H groups in total. The first kappa shape index (κ1) is 23.6. The zero-order valence-corrected chi connectivity index (χ0v) is 19.0. The molecule has 168 valence electrons. The highest BCUT2D eigenvalue weighted by atomic mass is 32.2. The number of nitriles is 1. The monoisotopic (exact) mass is 454 g/mol. The number of carbonyl (C=O) groups is 2. The molecule has 3 rings (SSSR count). The molecule has 0 radical (unpaired) electrons. The van der Waals surface area contributed by atoms with Gasteiger partial charge < -0.3 is 19.7 Å². The van der Waals surface area contributed by atoms with E-state index in [1.54, 1.807) is 13.8 Å². The first-order valence-electron chi connectivity index (χ1n) is 10.5. The number of hydrogen-bond donors (Lipinski definition) is 1. The van der Waals surface area contributed by atoms with Gasteiger partial charge in [0.2, 0.25) is 5.91 Å². The highest BCUT2D eigenvalue weighted by Crippen LogP contribution is 2.24. The summed E-state index contributed by atoms with van der Waals surface area (Å²) >= 11 is 1.31. The summed E-state index contributed by atoms with van der Waals surface area (Å²) in [5, 5.41) is 12.8. The van der Waals surface area contributed by atoms with Crippen LogP contribution in [0.3, 0.4) is 0 Å². The van der Waals surface area contributed by atoms with E-state index in [2.05, 4.69) is 21.3 Å². The van der Waals surface area contributed by atoms with Crippen LogP contribution >= 0.6 is 11.8 Å². The fraction of sp³-hybridized carbons (Fsp3) is 0.391. The van der Waals surface area contributed by atoms with Gasteiger partial charge in [0.15, 0.2) is 0 Å². The molecule has 0 aliphatic carbocycles. The maximum Gasteiger partial charge on any atom is 0.340 e. The molecule has 0 spiro atoms. The van der Waals surface area contributed by atoms with E-state index in [0.29, 0.717) is 22.0 Å². The normalized spacial score (nSPS) is 13.3. The van der Waals surface area contributed by atoms with Crippen molar-refractivity contribution in [1.82, 2.24) is 4.98 Å². The number of aryl methyl sites for hydroxylation is 1. The predicted octanol–water partition coefficient (Wildman–Crippen LogP) is 3.40. The average Bonchev–Trinajstić information content (AvgIpc) is 2.80. The van der Waals surface area contributed by atoms with Gasteiger partial charge >= 0.3 is 5.97 Å². The molecule has 1 saturated heterocycles. The number of rotatable bonds is 8. The van der Waals surface area contributed by atoms with Crippen LogP contribution in [-0.2, 0) is 14.3 Å². The van der Waals surface area contributed by atoms with Crippen molar-refractivity contribution in [1.29, 1.82) is 5.26 Å². The molecule has 0 bridgehead atoms. The molecule has 32 heavy (non-hydrogen) atoms. The van der Waals surface area contributed by atoms with Crippen LogP contribution in [0, 0.1) is 18.3 Å². The quantitative estimate of drug-likeness (QED) is 0.478. The molecule has 1 aliphatic heterocycles. The van der Waals surface area contributed by atoms with E-state index >= 15 is 0 Å². The molecule has 1 amide bonds. The molecule has 0 atom stereocenters. The number of anilines is 2. The molecule has 0 saturated carbocycles. The maximum atomic E-state index is 12.3. The number of carbonyl (C=O) groups excluding carboxylic acids is 2. The molecule has 2 aromatic rings. The van der Waals surface area contributed by atoms with Crippen molar-refractivity contribution in [3.63, 3.8) is 0 Å². The first-order valence-corrected chi connectivity index (χ1v) is 11.4. The molecule has 1 aliphatic rings. The molecule has 8 nitrogen and oxygen atoms in total. The number of esters is 1. The Balaban J connectivity index is 1.52. The number of nitrogens with one attached hydrogen (secondary N) is 1.